The Bertz CT molecular complexity index is 324. The number of ether oxygens (including phenoxy) is 1. The molecule has 0 radical (unpaired) electrons. The summed E-state index contributed by atoms with van der Waals surface area (Å²) in [5.41, 5.74) is 6.90. The molecule has 0 aliphatic rings. The predicted octanol–water partition coefficient (Wildman–Crippen LogP) is 1.08. The van der Waals surface area contributed by atoms with Crippen LogP contribution in [0.1, 0.15) is 5.56 Å². The molecule has 4 heteroatoms. The van der Waals surface area contributed by atoms with Gasteiger partial charge in [-0.3, -0.25) is 4.21 Å². The third-order valence-electron chi connectivity index (χ3n) is 2.03. The Morgan fingerprint density at radius 1 is 1.40 bits per heavy atom. The van der Waals surface area contributed by atoms with Gasteiger partial charge in [-0.05, 0) is 19.1 Å². The maximum atomic E-state index is 11.8. The number of rotatable bonds is 5. The first-order valence-electron chi connectivity index (χ1n) is 4.83. The van der Waals surface area contributed by atoms with Crippen molar-refractivity contribution in [1.82, 2.24) is 0 Å². The molecule has 0 aromatic heterocycles. The third-order valence-corrected chi connectivity index (χ3v) is 3.56. The summed E-state index contributed by atoms with van der Waals surface area (Å²) in [5.74, 6) is 0.441. The molecule has 1 aromatic rings. The smallest absolute Gasteiger partial charge is 0.0622 e. The Kier molecular flexibility index (Phi) is 4.94. The number of hydrogen-bond acceptors (Lipinski definition) is 3. The minimum atomic E-state index is -1.03. The Morgan fingerprint density at radius 3 is 2.53 bits per heavy atom. The van der Waals surface area contributed by atoms with Gasteiger partial charge in [0.15, 0.2) is 0 Å². The molecule has 0 saturated heterocycles. The van der Waals surface area contributed by atoms with Crippen molar-refractivity contribution in [2.45, 2.75) is 17.9 Å². The van der Waals surface area contributed by atoms with Gasteiger partial charge in [-0.15, -0.1) is 0 Å². The van der Waals surface area contributed by atoms with Gasteiger partial charge in [-0.1, -0.05) is 17.7 Å². The fourth-order valence-electron chi connectivity index (χ4n) is 1.24. The number of benzene rings is 1. The number of methoxy groups -OCH3 is 1. The molecule has 2 atom stereocenters. The second-order valence-corrected chi connectivity index (χ2v) is 5.04. The molecule has 2 N–H and O–H groups in total. The highest BCUT2D eigenvalue weighted by atomic mass is 32.2. The van der Waals surface area contributed by atoms with Crippen LogP contribution in [-0.4, -0.2) is 29.7 Å². The van der Waals surface area contributed by atoms with Crippen LogP contribution in [-0.2, 0) is 15.5 Å². The number of hydrogen-bond donors (Lipinski definition) is 1. The second-order valence-electron chi connectivity index (χ2n) is 3.54. The van der Waals surface area contributed by atoms with E-state index in [4.69, 9.17) is 10.5 Å². The van der Waals surface area contributed by atoms with E-state index in [0.29, 0.717) is 12.4 Å². The molecule has 84 valence electrons. The summed E-state index contributed by atoms with van der Waals surface area (Å²) in [6.45, 7) is 2.45. The van der Waals surface area contributed by atoms with Crippen molar-refractivity contribution in [3.63, 3.8) is 0 Å². The molecule has 2 unspecified atom stereocenters. The van der Waals surface area contributed by atoms with Crippen molar-refractivity contribution in [1.29, 1.82) is 0 Å². The minimum Gasteiger partial charge on any atom is -0.383 e. The zero-order chi connectivity index (χ0) is 11.3. The van der Waals surface area contributed by atoms with Crippen molar-refractivity contribution >= 4 is 10.8 Å². The predicted molar refractivity (Wildman–Crippen MR) is 62.3 cm³/mol. The van der Waals surface area contributed by atoms with Crippen LogP contribution in [0.2, 0.25) is 0 Å². The third kappa shape index (κ3) is 4.11. The van der Waals surface area contributed by atoms with Gasteiger partial charge in [0.2, 0.25) is 0 Å². The summed E-state index contributed by atoms with van der Waals surface area (Å²) in [6, 6.07) is 7.50. The maximum Gasteiger partial charge on any atom is 0.0622 e. The van der Waals surface area contributed by atoms with Gasteiger partial charge in [-0.2, -0.15) is 0 Å². The van der Waals surface area contributed by atoms with E-state index in [1.807, 2.05) is 31.2 Å². The van der Waals surface area contributed by atoms with E-state index in [1.165, 1.54) is 0 Å². The first kappa shape index (κ1) is 12.4. The molecule has 0 fully saturated rings. The van der Waals surface area contributed by atoms with Crippen molar-refractivity contribution in [3.05, 3.63) is 29.8 Å². The van der Waals surface area contributed by atoms with Crippen LogP contribution in [0.4, 0.5) is 0 Å². The fraction of sp³-hybridized carbons (Fsp3) is 0.455. The van der Waals surface area contributed by atoms with Gasteiger partial charge in [0, 0.05) is 23.8 Å². The van der Waals surface area contributed by atoms with Crippen LogP contribution in [0.3, 0.4) is 0 Å². The molecular formula is C11H17NO2S. The van der Waals surface area contributed by atoms with Gasteiger partial charge in [0.05, 0.1) is 17.4 Å². The maximum absolute atomic E-state index is 11.8. The first-order chi connectivity index (χ1) is 7.13. The van der Waals surface area contributed by atoms with Crippen molar-refractivity contribution in [2.75, 3.05) is 19.5 Å². The molecule has 0 heterocycles. The van der Waals surface area contributed by atoms with Gasteiger partial charge >= 0.3 is 0 Å². The lowest BCUT2D eigenvalue weighted by Gasteiger charge is -2.09. The Labute approximate surface area is 93.1 Å². The quantitative estimate of drug-likeness (QED) is 0.819. The van der Waals surface area contributed by atoms with Crippen LogP contribution in [0, 0.1) is 6.92 Å². The van der Waals surface area contributed by atoms with Crippen LogP contribution < -0.4 is 5.73 Å². The molecule has 0 amide bonds. The zero-order valence-electron chi connectivity index (χ0n) is 9.10. The minimum absolute atomic E-state index is 0.169. The monoisotopic (exact) mass is 227 g/mol. The Hall–Kier alpha value is -0.710. The van der Waals surface area contributed by atoms with Crippen molar-refractivity contribution in [3.8, 4) is 0 Å². The number of aryl methyl sites for hydroxylation is 1. The summed E-state index contributed by atoms with van der Waals surface area (Å²) in [5, 5.41) is 0. The summed E-state index contributed by atoms with van der Waals surface area (Å²) >= 11 is 0. The second kappa shape index (κ2) is 6.00. The van der Waals surface area contributed by atoms with Crippen LogP contribution in [0.5, 0.6) is 0 Å². The standard InChI is InChI=1S/C11H17NO2S/c1-9-3-5-11(6-4-9)15(13)8-10(12)7-14-2/h3-6,10H,7-8,12H2,1-2H3. The van der Waals surface area contributed by atoms with E-state index in [0.717, 1.165) is 10.5 Å². The van der Waals surface area contributed by atoms with E-state index in [9.17, 15) is 4.21 Å². The molecule has 0 saturated carbocycles. The van der Waals surface area contributed by atoms with Crippen molar-refractivity contribution in [2.24, 2.45) is 5.73 Å². The molecule has 3 nitrogen and oxygen atoms in total. The highest BCUT2D eigenvalue weighted by Crippen LogP contribution is 2.08. The first-order valence-corrected chi connectivity index (χ1v) is 6.15. The van der Waals surface area contributed by atoms with E-state index in [-0.39, 0.29) is 6.04 Å². The molecule has 15 heavy (non-hydrogen) atoms. The van der Waals surface area contributed by atoms with Crippen LogP contribution >= 0.6 is 0 Å². The van der Waals surface area contributed by atoms with Gasteiger partial charge in [0.1, 0.15) is 0 Å². The Morgan fingerprint density at radius 2 is 2.00 bits per heavy atom. The van der Waals surface area contributed by atoms with E-state index >= 15 is 0 Å². The molecule has 1 rings (SSSR count). The lowest BCUT2D eigenvalue weighted by atomic mass is 10.2. The molecule has 0 bridgehead atoms. The van der Waals surface area contributed by atoms with Gasteiger partial charge < -0.3 is 10.5 Å². The van der Waals surface area contributed by atoms with E-state index in [2.05, 4.69) is 0 Å². The molecule has 0 aliphatic heterocycles. The summed E-state index contributed by atoms with van der Waals surface area (Å²) in [7, 11) is 0.564. The number of nitrogens with two attached hydrogens (primary N) is 1. The highest BCUT2D eigenvalue weighted by Gasteiger charge is 2.09. The average Bonchev–Trinajstić information content (AvgIpc) is 2.18. The highest BCUT2D eigenvalue weighted by molar-refractivity contribution is 7.85. The van der Waals surface area contributed by atoms with E-state index < -0.39 is 10.8 Å². The molecular weight excluding hydrogens is 210 g/mol. The van der Waals surface area contributed by atoms with Crippen LogP contribution in [0.15, 0.2) is 29.2 Å². The van der Waals surface area contributed by atoms with Crippen LogP contribution in [0.25, 0.3) is 0 Å². The van der Waals surface area contributed by atoms with Gasteiger partial charge in [-0.25, -0.2) is 0 Å². The lowest BCUT2D eigenvalue weighted by molar-refractivity contribution is 0.186. The summed E-state index contributed by atoms with van der Waals surface area (Å²) in [6.07, 6.45) is 0. The molecule has 0 aliphatic carbocycles. The van der Waals surface area contributed by atoms with Crippen molar-refractivity contribution < 1.29 is 8.95 Å². The van der Waals surface area contributed by atoms with E-state index in [1.54, 1.807) is 7.11 Å². The lowest BCUT2D eigenvalue weighted by Crippen LogP contribution is -2.31. The summed E-state index contributed by atoms with van der Waals surface area (Å²) < 4.78 is 16.7. The Balaban J connectivity index is 2.57. The average molecular weight is 227 g/mol. The molecule has 1 aromatic carbocycles. The SMILES string of the molecule is COCC(N)CS(=O)c1ccc(C)cc1. The molecule has 0 spiro atoms. The largest absolute Gasteiger partial charge is 0.383 e. The topological polar surface area (TPSA) is 52.3 Å². The normalized spacial score (nSPS) is 14.9. The van der Waals surface area contributed by atoms with Gasteiger partial charge in [0.25, 0.3) is 0 Å². The zero-order valence-corrected chi connectivity index (χ0v) is 9.92. The summed E-state index contributed by atoms with van der Waals surface area (Å²) in [4.78, 5) is 0.826. The fourth-order valence-corrected chi connectivity index (χ4v) is 2.36.